The van der Waals surface area contributed by atoms with Crippen LogP contribution in [0.4, 0.5) is 0 Å². The van der Waals surface area contributed by atoms with E-state index in [1.54, 1.807) is 0 Å². The molecule has 0 aromatic heterocycles. The minimum atomic E-state index is -0.750. The van der Waals surface area contributed by atoms with Crippen LogP contribution < -0.4 is 0 Å². The zero-order valence-electron chi connectivity index (χ0n) is 8.85. The second kappa shape index (κ2) is 3.55. The number of hydrogen-bond donors (Lipinski definition) is 2. The SMILES string of the molecule is CC(=O)C1=CC(=O)c2c(O)ccc(O)c2C1=O. The van der Waals surface area contributed by atoms with Crippen molar-refractivity contribution in [2.75, 3.05) is 0 Å². The normalized spacial score (nSPS) is 14.3. The van der Waals surface area contributed by atoms with E-state index >= 15 is 0 Å². The number of Topliss-reactive ketones (excluding diaryl/α,β-unsaturated/α-hetero) is 2. The number of carbonyl (C=O) groups is 3. The van der Waals surface area contributed by atoms with Crippen LogP contribution in [0.3, 0.4) is 0 Å². The van der Waals surface area contributed by atoms with E-state index < -0.39 is 28.8 Å². The van der Waals surface area contributed by atoms with Gasteiger partial charge in [0.2, 0.25) is 5.78 Å². The second-order valence-corrected chi connectivity index (χ2v) is 3.66. The molecule has 17 heavy (non-hydrogen) atoms. The maximum absolute atomic E-state index is 11.9. The first-order chi connectivity index (χ1) is 7.93. The van der Waals surface area contributed by atoms with Gasteiger partial charge in [0.25, 0.3) is 0 Å². The van der Waals surface area contributed by atoms with Crippen molar-refractivity contribution in [3.63, 3.8) is 0 Å². The van der Waals surface area contributed by atoms with E-state index in [0.29, 0.717) is 0 Å². The Morgan fingerprint density at radius 2 is 1.59 bits per heavy atom. The highest BCUT2D eigenvalue weighted by atomic mass is 16.3. The summed E-state index contributed by atoms with van der Waals surface area (Å²) in [5.74, 6) is -2.80. The summed E-state index contributed by atoms with van der Waals surface area (Å²) in [5.41, 5.74) is -0.869. The highest BCUT2D eigenvalue weighted by Gasteiger charge is 2.32. The Morgan fingerprint density at radius 1 is 1.06 bits per heavy atom. The fourth-order valence-corrected chi connectivity index (χ4v) is 1.72. The first-order valence-electron chi connectivity index (χ1n) is 4.80. The van der Waals surface area contributed by atoms with Crippen LogP contribution >= 0.6 is 0 Å². The zero-order chi connectivity index (χ0) is 12.7. The molecule has 0 aliphatic heterocycles. The number of phenols is 2. The van der Waals surface area contributed by atoms with Gasteiger partial charge in [-0.2, -0.15) is 0 Å². The third kappa shape index (κ3) is 1.52. The van der Waals surface area contributed by atoms with Gasteiger partial charge in [0, 0.05) is 6.08 Å². The van der Waals surface area contributed by atoms with Crippen molar-refractivity contribution in [1.82, 2.24) is 0 Å². The lowest BCUT2D eigenvalue weighted by molar-refractivity contribution is -0.113. The van der Waals surface area contributed by atoms with E-state index in [4.69, 9.17) is 0 Å². The summed E-state index contributed by atoms with van der Waals surface area (Å²) in [5, 5.41) is 19.0. The molecule has 0 radical (unpaired) electrons. The number of ketones is 3. The van der Waals surface area contributed by atoms with Crippen molar-refractivity contribution < 1.29 is 24.6 Å². The van der Waals surface area contributed by atoms with Gasteiger partial charge in [-0.05, 0) is 19.1 Å². The van der Waals surface area contributed by atoms with E-state index in [-0.39, 0.29) is 16.7 Å². The van der Waals surface area contributed by atoms with Gasteiger partial charge >= 0.3 is 0 Å². The van der Waals surface area contributed by atoms with E-state index in [1.807, 2.05) is 0 Å². The summed E-state index contributed by atoms with van der Waals surface area (Å²) >= 11 is 0. The van der Waals surface area contributed by atoms with E-state index in [0.717, 1.165) is 25.1 Å². The smallest absolute Gasteiger partial charge is 0.201 e. The first kappa shape index (κ1) is 11.1. The van der Waals surface area contributed by atoms with Gasteiger partial charge in [0.05, 0.1) is 16.7 Å². The minimum Gasteiger partial charge on any atom is -0.507 e. The molecule has 0 heterocycles. The van der Waals surface area contributed by atoms with Gasteiger partial charge in [-0.1, -0.05) is 0 Å². The molecule has 0 saturated carbocycles. The third-order valence-electron chi connectivity index (χ3n) is 2.53. The molecule has 2 rings (SSSR count). The highest BCUT2D eigenvalue weighted by Crippen LogP contribution is 2.34. The predicted molar refractivity (Wildman–Crippen MR) is 57.2 cm³/mol. The monoisotopic (exact) mass is 232 g/mol. The maximum atomic E-state index is 11.9. The summed E-state index contributed by atoms with van der Waals surface area (Å²) < 4.78 is 0. The van der Waals surface area contributed by atoms with Gasteiger partial charge in [0.15, 0.2) is 11.6 Å². The Labute approximate surface area is 96.0 Å². The molecule has 0 amide bonds. The summed E-state index contributed by atoms with van der Waals surface area (Å²) in [6, 6.07) is 2.22. The molecule has 1 aromatic rings. The molecule has 0 atom stereocenters. The molecule has 5 heteroatoms. The predicted octanol–water partition coefficient (Wildman–Crippen LogP) is 0.992. The number of fused-ring (bicyclic) bond motifs is 1. The standard InChI is InChI=1S/C12H8O5/c1-5(13)6-4-9(16)10-7(14)2-3-8(15)11(10)12(6)17/h2-4,14-15H,1H3. The molecular weight excluding hydrogens is 224 g/mol. The van der Waals surface area contributed by atoms with Crippen molar-refractivity contribution in [1.29, 1.82) is 0 Å². The van der Waals surface area contributed by atoms with Crippen molar-refractivity contribution >= 4 is 17.3 Å². The second-order valence-electron chi connectivity index (χ2n) is 3.66. The Morgan fingerprint density at radius 3 is 2.12 bits per heavy atom. The Bertz CT molecular complexity index is 595. The summed E-state index contributed by atoms with van der Waals surface area (Å²) in [6.07, 6.45) is 0.881. The molecule has 1 aliphatic rings. The largest absolute Gasteiger partial charge is 0.507 e. The number of hydrogen-bond acceptors (Lipinski definition) is 5. The van der Waals surface area contributed by atoms with Crippen LogP contribution in [0.25, 0.3) is 0 Å². The first-order valence-corrected chi connectivity index (χ1v) is 4.80. The van der Waals surface area contributed by atoms with Crippen LogP contribution in [0.2, 0.25) is 0 Å². The molecule has 0 bridgehead atoms. The molecule has 0 saturated heterocycles. The number of carbonyl (C=O) groups excluding carboxylic acids is 3. The Hall–Kier alpha value is -2.43. The van der Waals surface area contributed by atoms with Crippen molar-refractivity contribution in [2.24, 2.45) is 0 Å². The fourth-order valence-electron chi connectivity index (χ4n) is 1.72. The lowest BCUT2D eigenvalue weighted by Crippen LogP contribution is -2.21. The summed E-state index contributed by atoms with van der Waals surface area (Å²) in [6.45, 7) is 1.15. The van der Waals surface area contributed by atoms with Gasteiger partial charge in [-0.25, -0.2) is 0 Å². The molecular formula is C12H8O5. The average molecular weight is 232 g/mol. The number of phenolic OH excluding ortho intramolecular Hbond substituents is 2. The lowest BCUT2D eigenvalue weighted by Gasteiger charge is -2.15. The van der Waals surface area contributed by atoms with Crippen LogP contribution in [-0.4, -0.2) is 27.6 Å². The Balaban J connectivity index is 2.77. The van der Waals surface area contributed by atoms with Crippen LogP contribution in [0.15, 0.2) is 23.8 Å². The molecule has 2 N–H and O–H groups in total. The lowest BCUT2D eigenvalue weighted by atomic mass is 9.87. The van der Waals surface area contributed by atoms with Crippen molar-refractivity contribution in [2.45, 2.75) is 6.92 Å². The molecule has 0 fully saturated rings. The van der Waals surface area contributed by atoms with E-state index in [9.17, 15) is 24.6 Å². The molecule has 5 nitrogen and oxygen atoms in total. The molecule has 1 aliphatic carbocycles. The van der Waals surface area contributed by atoms with Gasteiger partial charge < -0.3 is 10.2 Å². The van der Waals surface area contributed by atoms with Gasteiger partial charge in [-0.3, -0.25) is 14.4 Å². The third-order valence-corrected chi connectivity index (χ3v) is 2.53. The van der Waals surface area contributed by atoms with Gasteiger partial charge in [-0.15, -0.1) is 0 Å². The number of allylic oxidation sites excluding steroid dienone is 2. The molecule has 0 unspecified atom stereocenters. The quantitative estimate of drug-likeness (QED) is 0.556. The number of rotatable bonds is 1. The van der Waals surface area contributed by atoms with Crippen LogP contribution in [0, 0.1) is 0 Å². The van der Waals surface area contributed by atoms with Crippen LogP contribution in [0.5, 0.6) is 11.5 Å². The van der Waals surface area contributed by atoms with Gasteiger partial charge in [0.1, 0.15) is 11.5 Å². The average Bonchev–Trinajstić information content (AvgIpc) is 2.26. The van der Waals surface area contributed by atoms with Crippen molar-refractivity contribution in [3.8, 4) is 11.5 Å². The van der Waals surface area contributed by atoms with Crippen LogP contribution in [0.1, 0.15) is 27.6 Å². The number of aromatic hydroxyl groups is 2. The highest BCUT2D eigenvalue weighted by molar-refractivity contribution is 6.35. The summed E-state index contributed by atoms with van der Waals surface area (Å²) in [4.78, 5) is 34.7. The molecule has 1 aromatic carbocycles. The topological polar surface area (TPSA) is 91.7 Å². The molecule has 0 spiro atoms. The summed E-state index contributed by atoms with van der Waals surface area (Å²) in [7, 11) is 0. The number of benzene rings is 1. The zero-order valence-corrected chi connectivity index (χ0v) is 8.85. The minimum absolute atomic E-state index is 0.264. The Kier molecular flexibility index (Phi) is 2.31. The fraction of sp³-hybridized carbons (Fsp3) is 0.0833. The van der Waals surface area contributed by atoms with E-state index in [2.05, 4.69) is 0 Å². The van der Waals surface area contributed by atoms with Crippen molar-refractivity contribution in [3.05, 3.63) is 34.9 Å². The van der Waals surface area contributed by atoms with Crippen LogP contribution in [-0.2, 0) is 4.79 Å². The van der Waals surface area contributed by atoms with E-state index in [1.165, 1.54) is 0 Å². The molecule has 86 valence electrons. The maximum Gasteiger partial charge on any atom is 0.201 e.